The van der Waals surface area contributed by atoms with Gasteiger partial charge in [0.05, 0.1) is 6.54 Å². The number of nitrogens with one attached hydrogen (secondary N) is 2. The second kappa shape index (κ2) is 8.48. The molecule has 2 fully saturated rings. The summed E-state index contributed by atoms with van der Waals surface area (Å²) in [5.74, 6) is 1.54. The molecule has 1 aliphatic carbocycles. The number of piperidine rings is 1. The van der Waals surface area contributed by atoms with Crippen LogP contribution in [0.2, 0.25) is 0 Å². The van der Waals surface area contributed by atoms with Gasteiger partial charge in [-0.2, -0.15) is 0 Å². The van der Waals surface area contributed by atoms with Crippen molar-refractivity contribution in [1.29, 1.82) is 0 Å². The molecule has 1 saturated carbocycles. The first-order valence-electron chi connectivity index (χ1n) is 9.56. The van der Waals surface area contributed by atoms with E-state index in [-0.39, 0.29) is 11.8 Å². The van der Waals surface area contributed by atoms with E-state index < -0.39 is 0 Å². The second-order valence-electron chi connectivity index (χ2n) is 7.32. The summed E-state index contributed by atoms with van der Waals surface area (Å²) in [5, 5.41) is 5.71. The number of likely N-dealkylation sites (tertiary alicyclic amines) is 1. The zero-order valence-electron chi connectivity index (χ0n) is 15.1. The SMILES string of the molecule is CCNC(=O)c1cccc(NC(=O)CN2CC[C@H]3CCCC[C@H]3C2)c1. The first-order valence-corrected chi connectivity index (χ1v) is 9.56. The Kier molecular flexibility index (Phi) is 6.08. The molecule has 136 valence electrons. The van der Waals surface area contributed by atoms with E-state index in [4.69, 9.17) is 0 Å². The molecule has 3 rings (SSSR count). The fourth-order valence-electron chi connectivity index (χ4n) is 4.22. The molecule has 1 saturated heterocycles. The van der Waals surface area contributed by atoms with E-state index in [1.807, 2.05) is 13.0 Å². The summed E-state index contributed by atoms with van der Waals surface area (Å²) in [7, 11) is 0. The molecule has 0 radical (unpaired) electrons. The van der Waals surface area contributed by atoms with Gasteiger partial charge >= 0.3 is 0 Å². The Hall–Kier alpha value is -1.88. The molecule has 2 atom stereocenters. The van der Waals surface area contributed by atoms with Crippen LogP contribution in [0.15, 0.2) is 24.3 Å². The normalized spacial score (nSPS) is 23.6. The summed E-state index contributed by atoms with van der Waals surface area (Å²) in [6, 6.07) is 7.12. The van der Waals surface area contributed by atoms with E-state index in [0.29, 0.717) is 24.3 Å². The van der Waals surface area contributed by atoms with E-state index in [1.165, 1.54) is 32.1 Å². The van der Waals surface area contributed by atoms with Crippen molar-refractivity contribution in [3.8, 4) is 0 Å². The summed E-state index contributed by atoms with van der Waals surface area (Å²) in [4.78, 5) is 26.6. The van der Waals surface area contributed by atoms with Crippen molar-refractivity contribution in [2.45, 2.75) is 39.0 Å². The van der Waals surface area contributed by atoms with Crippen molar-refractivity contribution >= 4 is 17.5 Å². The summed E-state index contributed by atoms with van der Waals surface area (Å²) < 4.78 is 0. The van der Waals surface area contributed by atoms with Crippen molar-refractivity contribution < 1.29 is 9.59 Å². The van der Waals surface area contributed by atoms with Gasteiger partial charge in [0.15, 0.2) is 0 Å². The summed E-state index contributed by atoms with van der Waals surface area (Å²) >= 11 is 0. The third-order valence-corrected chi connectivity index (χ3v) is 5.49. The van der Waals surface area contributed by atoms with Crippen LogP contribution in [0.25, 0.3) is 0 Å². The Morgan fingerprint density at radius 3 is 2.76 bits per heavy atom. The van der Waals surface area contributed by atoms with Gasteiger partial charge in [0.25, 0.3) is 5.91 Å². The lowest BCUT2D eigenvalue weighted by molar-refractivity contribution is -0.118. The van der Waals surface area contributed by atoms with Gasteiger partial charge in [-0.15, -0.1) is 0 Å². The molecule has 1 aliphatic heterocycles. The Labute approximate surface area is 150 Å². The lowest BCUT2D eigenvalue weighted by atomic mass is 9.75. The quantitative estimate of drug-likeness (QED) is 0.864. The van der Waals surface area contributed by atoms with Crippen LogP contribution in [0.5, 0.6) is 0 Å². The highest BCUT2D eigenvalue weighted by Gasteiger charge is 2.31. The molecule has 0 bridgehead atoms. The fourth-order valence-corrected chi connectivity index (χ4v) is 4.22. The van der Waals surface area contributed by atoms with Gasteiger partial charge in [0, 0.05) is 24.3 Å². The van der Waals surface area contributed by atoms with Crippen molar-refractivity contribution in [1.82, 2.24) is 10.2 Å². The molecule has 2 aliphatic rings. The highest BCUT2D eigenvalue weighted by Crippen LogP contribution is 2.35. The summed E-state index contributed by atoms with van der Waals surface area (Å²) in [5.41, 5.74) is 1.25. The van der Waals surface area contributed by atoms with Gasteiger partial charge in [-0.3, -0.25) is 14.5 Å². The minimum Gasteiger partial charge on any atom is -0.352 e. The van der Waals surface area contributed by atoms with Crippen molar-refractivity contribution in [3.63, 3.8) is 0 Å². The minimum absolute atomic E-state index is 0.00214. The molecular weight excluding hydrogens is 314 g/mol. The highest BCUT2D eigenvalue weighted by atomic mass is 16.2. The number of nitrogens with zero attached hydrogens (tertiary/aromatic N) is 1. The number of hydrogen-bond acceptors (Lipinski definition) is 3. The molecule has 25 heavy (non-hydrogen) atoms. The Morgan fingerprint density at radius 1 is 1.16 bits per heavy atom. The number of amides is 2. The maximum atomic E-state index is 12.4. The second-order valence-corrected chi connectivity index (χ2v) is 7.32. The number of anilines is 1. The smallest absolute Gasteiger partial charge is 0.251 e. The van der Waals surface area contributed by atoms with Crippen LogP contribution in [-0.4, -0.2) is 42.9 Å². The standard InChI is InChI=1S/C20H29N3O2/c1-2-21-20(25)16-8-5-9-18(12-16)22-19(24)14-23-11-10-15-6-3-4-7-17(15)13-23/h5,8-9,12,15,17H,2-4,6-7,10-11,13-14H2,1H3,(H,21,25)(H,22,24)/t15-,17+/m1/s1. The monoisotopic (exact) mass is 343 g/mol. The van der Waals surface area contributed by atoms with E-state index in [1.54, 1.807) is 18.2 Å². The molecule has 0 spiro atoms. The first kappa shape index (κ1) is 17.9. The zero-order valence-corrected chi connectivity index (χ0v) is 15.1. The summed E-state index contributed by atoms with van der Waals surface area (Å²) in [6.07, 6.45) is 6.64. The average molecular weight is 343 g/mol. The molecule has 1 aromatic rings. The molecule has 1 aromatic carbocycles. The van der Waals surface area contributed by atoms with Crippen LogP contribution in [0.1, 0.15) is 49.4 Å². The first-order chi connectivity index (χ1) is 12.2. The van der Waals surface area contributed by atoms with Crippen molar-refractivity contribution in [2.24, 2.45) is 11.8 Å². The van der Waals surface area contributed by atoms with Gasteiger partial charge in [0.2, 0.25) is 5.91 Å². The maximum absolute atomic E-state index is 12.4. The van der Waals surface area contributed by atoms with Gasteiger partial charge < -0.3 is 10.6 Å². The molecule has 5 heteroatoms. The van der Waals surface area contributed by atoms with Gasteiger partial charge in [-0.05, 0) is 56.3 Å². The Balaban J connectivity index is 1.52. The van der Waals surface area contributed by atoms with Gasteiger partial charge in [-0.1, -0.05) is 25.3 Å². The van der Waals surface area contributed by atoms with Gasteiger partial charge in [-0.25, -0.2) is 0 Å². The van der Waals surface area contributed by atoms with Gasteiger partial charge in [0.1, 0.15) is 0 Å². The number of carbonyl (C=O) groups is 2. The van der Waals surface area contributed by atoms with Crippen LogP contribution in [-0.2, 0) is 4.79 Å². The number of hydrogen-bond donors (Lipinski definition) is 2. The number of rotatable bonds is 5. The largest absolute Gasteiger partial charge is 0.352 e. The van der Waals surface area contributed by atoms with Crippen LogP contribution in [0.4, 0.5) is 5.69 Å². The third kappa shape index (κ3) is 4.82. The maximum Gasteiger partial charge on any atom is 0.251 e. The number of fused-ring (bicyclic) bond motifs is 1. The van der Waals surface area contributed by atoms with Crippen LogP contribution in [0, 0.1) is 11.8 Å². The molecule has 2 amide bonds. The molecular formula is C20H29N3O2. The molecule has 1 heterocycles. The molecule has 0 aromatic heterocycles. The highest BCUT2D eigenvalue weighted by molar-refractivity contribution is 5.97. The summed E-state index contributed by atoms with van der Waals surface area (Å²) in [6.45, 7) is 4.99. The van der Waals surface area contributed by atoms with Crippen LogP contribution < -0.4 is 10.6 Å². The predicted octanol–water partition coefficient (Wildman–Crippen LogP) is 2.89. The molecule has 5 nitrogen and oxygen atoms in total. The van der Waals surface area contributed by atoms with E-state index in [0.717, 1.165) is 24.9 Å². The van der Waals surface area contributed by atoms with Crippen molar-refractivity contribution in [2.75, 3.05) is 31.5 Å². The fraction of sp³-hybridized carbons (Fsp3) is 0.600. The predicted molar refractivity (Wildman–Crippen MR) is 99.6 cm³/mol. The van der Waals surface area contributed by atoms with Crippen molar-refractivity contribution in [3.05, 3.63) is 29.8 Å². The Bertz CT molecular complexity index is 617. The average Bonchev–Trinajstić information content (AvgIpc) is 2.62. The van der Waals surface area contributed by atoms with E-state index in [9.17, 15) is 9.59 Å². The van der Waals surface area contributed by atoms with E-state index in [2.05, 4.69) is 15.5 Å². The number of benzene rings is 1. The minimum atomic E-state index is -0.113. The van der Waals surface area contributed by atoms with Crippen LogP contribution >= 0.6 is 0 Å². The topological polar surface area (TPSA) is 61.4 Å². The lowest BCUT2D eigenvalue weighted by Gasteiger charge is -2.41. The molecule has 0 unspecified atom stereocenters. The third-order valence-electron chi connectivity index (χ3n) is 5.49. The zero-order chi connectivity index (χ0) is 17.6. The number of carbonyl (C=O) groups excluding carboxylic acids is 2. The molecule has 2 N–H and O–H groups in total. The van der Waals surface area contributed by atoms with Crippen LogP contribution in [0.3, 0.4) is 0 Å². The Morgan fingerprint density at radius 2 is 1.96 bits per heavy atom. The lowest BCUT2D eigenvalue weighted by Crippen LogP contribution is -2.44. The van der Waals surface area contributed by atoms with E-state index >= 15 is 0 Å².